The highest BCUT2D eigenvalue weighted by molar-refractivity contribution is 5.97. The van der Waals surface area contributed by atoms with E-state index in [4.69, 9.17) is 10.00 Å². The van der Waals surface area contributed by atoms with Gasteiger partial charge in [0.1, 0.15) is 11.6 Å². The highest BCUT2D eigenvalue weighted by atomic mass is 16.5. The molecule has 2 amide bonds. The van der Waals surface area contributed by atoms with Crippen molar-refractivity contribution < 1.29 is 14.3 Å². The number of methoxy groups -OCH3 is 1. The smallest absolute Gasteiger partial charge is 0.263 e. The third-order valence-electron chi connectivity index (χ3n) is 2.55. The third kappa shape index (κ3) is 6.07. The number of amides is 2. The number of nitriles is 1. The van der Waals surface area contributed by atoms with Crippen molar-refractivity contribution in [2.24, 2.45) is 0 Å². The maximum Gasteiger partial charge on any atom is 0.263 e. The van der Waals surface area contributed by atoms with E-state index >= 15 is 0 Å². The number of carbonyl (C=O) groups excluding carboxylic acids is 2. The summed E-state index contributed by atoms with van der Waals surface area (Å²) in [4.78, 5) is 22.6. The molecule has 1 aromatic carbocycles. The number of hydrogen-bond donors (Lipinski definition) is 3. The molecule has 1 rings (SSSR count). The van der Waals surface area contributed by atoms with Gasteiger partial charge in [-0.25, -0.2) is 0 Å². The zero-order chi connectivity index (χ0) is 16.4. The number of nitrogens with one attached hydrogen (secondary N) is 3. The number of ether oxygens (including phenoxy) is 1. The van der Waals surface area contributed by atoms with Gasteiger partial charge in [0.2, 0.25) is 5.91 Å². The standard InChI is InChI=1S/C15H18N4O3/c1-11(20)19-14-5-3-13(4-6-14)18-10-12(9-16)15(21)17-7-8-22-2/h3-6,10,18H,7-8H2,1-2H3,(H,17,21)(H,19,20)/b12-10-. The van der Waals surface area contributed by atoms with Crippen LogP contribution in [-0.2, 0) is 14.3 Å². The van der Waals surface area contributed by atoms with Gasteiger partial charge in [0, 0.05) is 38.2 Å². The minimum Gasteiger partial charge on any atom is -0.383 e. The van der Waals surface area contributed by atoms with Gasteiger partial charge in [-0.3, -0.25) is 9.59 Å². The highest BCUT2D eigenvalue weighted by Gasteiger charge is 2.07. The first-order valence-electron chi connectivity index (χ1n) is 6.58. The van der Waals surface area contributed by atoms with Crippen LogP contribution in [0.3, 0.4) is 0 Å². The summed E-state index contributed by atoms with van der Waals surface area (Å²) < 4.78 is 4.81. The maximum atomic E-state index is 11.7. The number of nitrogens with zero attached hydrogens (tertiary/aromatic N) is 1. The summed E-state index contributed by atoms with van der Waals surface area (Å²) >= 11 is 0. The average Bonchev–Trinajstić information content (AvgIpc) is 2.49. The zero-order valence-electron chi connectivity index (χ0n) is 12.5. The van der Waals surface area contributed by atoms with Crippen molar-refractivity contribution in [2.75, 3.05) is 30.9 Å². The quantitative estimate of drug-likeness (QED) is 0.399. The topological polar surface area (TPSA) is 103 Å². The van der Waals surface area contributed by atoms with Crippen molar-refractivity contribution >= 4 is 23.2 Å². The molecular weight excluding hydrogens is 284 g/mol. The van der Waals surface area contributed by atoms with Crippen LogP contribution in [-0.4, -0.2) is 32.1 Å². The van der Waals surface area contributed by atoms with Crippen LogP contribution in [0, 0.1) is 11.3 Å². The molecule has 0 radical (unpaired) electrons. The first kappa shape index (κ1) is 17.2. The van der Waals surface area contributed by atoms with E-state index in [2.05, 4.69) is 16.0 Å². The Morgan fingerprint density at radius 3 is 2.45 bits per heavy atom. The van der Waals surface area contributed by atoms with Crippen LogP contribution in [0.5, 0.6) is 0 Å². The van der Waals surface area contributed by atoms with Gasteiger partial charge in [0.15, 0.2) is 0 Å². The molecule has 7 heteroatoms. The molecule has 116 valence electrons. The molecule has 0 atom stereocenters. The highest BCUT2D eigenvalue weighted by Crippen LogP contribution is 2.13. The summed E-state index contributed by atoms with van der Waals surface area (Å²) in [5.74, 6) is -0.623. The molecule has 0 saturated heterocycles. The van der Waals surface area contributed by atoms with Gasteiger partial charge in [0.25, 0.3) is 5.91 Å². The van der Waals surface area contributed by atoms with Crippen LogP contribution in [0.1, 0.15) is 6.92 Å². The Morgan fingerprint density at radius 2 is 1.91 bits per heavy atom. The van der Waals surface area contributed by atoms with Crippen LogP contribution < -0.4 is 16.0 Å². The summed E-state index contributed by atoms with van der Waals surface area (Å²) in [6.45, 7) is 2.14. The molecule has 0 saturated carbocycles. The Bertz CT molecular complexity index is 588. The Balaban J connectivity index is 2.62. The first-order valence-corrected chi connectivity index (χ1v) is 6.58. The molecule has 0 spiro atoms. The van der Waals surface area contributed by atoms with Gasteiger partial charge in [-0.1, -0.05) is 0 Å². The van der Waals surface area contributed by atoms with Crippen molar-refractivity contribution in [1.29, 1.82) is 5.26 Å². The maximum absolute atomic E-state index is 11.7. The molecule has 0 heterocycles. The van der Waals surface area contributed by atoms with Crippen LogP contribution >= 0.6 is 0 Å². The van der Waals surface area contributed by atoms with Crippen molar-refractivity contribution in [3.8, 4) is 6.07 Å². The second-order valence-corrected chi connectivity index (χ2v) is 4.32. The number of benzene rings is 1. The lowest BCUT2D eigenvalue weighted by molar-refractivity contribution is -0.117. The van der Waals surface area contributed by atoms with Crippen molar-refractivity contribution in [3.05, 3.63) is 36.0 Å². The fraction of sp³-hybridized carbons (Fsp3) is 0.267. The van der Waals surface area contributed by atoms with Gasteiger partial charge in [-0.05, 0) is 24.3 Å². The summed E-state index contributed by atoms with van der Waals surface area (Å²) in [7, 11) is 1.53. The molecule has 3 N–H and O–H groups in total. The number of carbonyl (C=O) groups is 2. The second-order valence-electron chi connectivity index (χ2n) is 4.32. The third-order valence-corrected chi connectivity index (χ3v) is 2.55. The fourth-order valence-corrected chi connectivity index (χ4v) is 1.52. The number of rotatable bonds is 7. The molecule has 7 nitrogen and oxygen atoms in total. The monoisotopic (exact) mass is 302 g/mol. The summed E-state index contributed by atoms with van der Waals surface area (Å²) in [6, 6.07) is 8.69. The lowest BCUT2D eigenvalue weighted by atomic mass is 10.2. The minimum atomic E-state index is -0.470. The van der Waals surface area contributed by atoms with E-state index in [9.17, 15) is 9.59 Å². The van der Waals surface area contributed by atoms with E-state index in [0.29, 0.717) is 24.5 Å². The normalized spacial score (nSPS) is 10.5. The Hall–Kier alpha value is -2.85. The summed E-state index contributed by atoms with van der Waals surface area (Å²) in [5.41, 5.74) is 1.31. The zero-order valence-corrected chi connectivity index (χ0v) is 12.5. The molecule has 0 aromatic heterocycles. The predicted octanol–water partition coefficient (Wildman–Crippen LogP) is 1.23. The fourth-order valence-electron chi connectivity index (χ4n) is 1.52. The van der Waals surface area contributed by atoms with Gasteiger partial charge < -0.3 is 20.7 Å². The van der Waals surface area contributed by atoms with E-state index in [1.54, 1.807) is 24.3 Å². The molecule has 1 aromatic rings. The van der Waals surface area contributed by atoms with E-state index in [1.165, 1.54) is 20.2 Å². The Morgan fingerprint density at radius 1 is 1.27 bits per heavy atom. The molecule has 22 heavy (non-hydrogen) atoms. The Kier molecular flexibility index (Phi) is 7.16. The molecule has 0 unspecified atom stereocenters. The van der Waals surface area contributed by atoms with E-state index in [1.807, 2.05) is 6.07 Å². The van der Waals surface area contributed by atoms with Gasteiger partial charge in [-0.15, -0.1) is 0 Å². The lowest BCUT2D eigenvalue weighted by Gasteiger charge is -2.06. The summed E-state index contributed by atoms with van der Waals surface area (Å²) in [6.07, 6.45) is 1.33. The van der Waals surface area contributed by atoms with Crippen molar-refractivity contribution in [1.82, 2.24) is 5.32 Å². The van der Waals surface area contributed by atoms with E-state index in [-0.39, 0.29) is 11.5 Å². The Labute approximate surface area is 129 Å². The minimum absolute atomic E-state index is 0.0398. The summed E-state index contributed by atoms with van der Waals surface area (Å²) in [5, 5.41) is 17.0. The second kappa shape index (κ2) is 9.15. The van der Waals surface area contributed by atoms with Crippen molar-refractivity contribution in [3.63, 3.8) is 0 Å². The number of anilines is 2. The van der Waals surface area contributed by atoms with Crippen LogP contribution in [0.4, 0.5) is 11.4 Å². The van der Waals surface area contributed by atoms with E-state index < -0.39 is 5.91 Å². The van der Waals surface area contributed by atoms with E-state index in [0.717, 1.165) is 0 Å². The molecule has 0 aliphatic rings. The predicted molar refractivity (Wildman–Crippen MR) is 83.0 cm³/mol. The molecule has 0 fully saturated rings. The van der Waals surface area contributed by atoms with Crippen molar-refractivity contribution in [2.45, 2.75) is 6.92 Å². The van der Waals surface area contributed by atoms with Gasteiger partial charge in [-0.2, -0.15) is 5.26 Å². The average molecular weight is 302 g/mol. The van der Waals surface area contributed by atoms with Crippen LogP contribution in [0.2, 0.25) is 0 Å². The SMILES string of the molecule is COCCNC(=O)/C(C#N)=C\Nc1ccc(NC(C)=O)cc1. The van der Waals surface area contributed by atoms with Gasteiger partial charge >= 0.3 is 0 Å². The number of hydrogen-bond acceptors (Lipinski definition) is 5. The molecule has 0 bridgehead atoms. The molecule has 0 aliphatic heterocycles. The molecular formula is C15H18N4O3. The molecule has 0 aliphatic carbocycles. The van der Waals surface area contributed by atoms with Crippen LogP contribution in [0.15, 0.2) is 36.0 Å². The van der Waals surface area contributed by atoms with Gasteiger partial charge in [0.05, 0.1) is 6.61 Å². The van der Waals surface area contributed by atoms with Crippen LogP contribution in [0.25, 0.3) is 0 Å². The first-order chi connectivity index (χ1) is 10.6. The largest absolute Gasteiger partial charge is 0.383 e. The lowest BCUT2D eigenvalue weighted by Crippen LogP contribution is -2.28.